The van der Waals surface area contributed by atoms with Crippen molar-refractivity contribution in [3.8, 4) is 0 Å². The van der Waals surface area contributed by atoms with Crippen LogP contribution >= 0.6 is 15.9 Å². The van der Waals surface area contributed by atoms with Crippen molar-refractivity contribution in [2.75, 3.05) is 0 Å². The van der Waals surface area contributed by atoms with Crippen molar-refractivity contribution in [2.24, 2.45) is 0 Å². The molecule has 0 saturated heterocycles. The van der Waals surface area contributed by atoms with Crippen molar-refractivity contribution in [2.45, 2.75) is 18.3 Å². The lowest BCUT2D eigenvalue weighted by molar-refractivity contribution is -0.141. The summed E-state index contributed by atoms with van der Waals surface area (Å²) >= 11 is 3.22. The van der Waals surface area contributed by atoms with Crippen LogP contribution in [0.25, 0.3) is 0 Å². The first-order valence-corrected chi connectivity index (χ1v) is 7.11. The summed E-state index contributed by atoms with van der Waals surface area (Å²) in [4.78, 5) is 11.4. The topological polar surface area (TPSA) is 37.3 Å². The number of aliphatic carboxylic acids is 1. The van der Waals surface area contributed by atoms with Gasteiger partial charge in [-0.3, -0.25) is 4.79 Å². The molecule has 0 aliphatic rings. The number of rotatable bonds is 5. The Balaban J connectivity index is 2.31. The molecule has 21 heavy (non-hydrogen) atoms. The van der Waals surface area contributed by atoms with E-state index in [0.29, 0.717) is 10.0 Å². The molecule has 0 aromatic heterocycles. The Labute approximate surface area is 129 Å². The molecule has 5 heteroatoms. The molecular weight excluding hydrogens is 342 g/mol. The van der Waals surface area contributed by atoms with Crippen LogP contribution in [0.2, 0.25) is 0 Å². The number of carboxylic acid groups (broad SMARTS) is 1. The maximum Gasteiger partial charge on any atom is 0.311 e. The molecule has 0 aliphatic carbocycles. The van der Waals surface area contributed by atoms with Crippen LogP contribution < -0.4 is 0 Å². The second-order valence-electron chi connectivity index (χ2n) is 4.72. The second kappa shape index (κ2) is 6.35. The highest BCUT2D eigenvalue weighted by Crippen LogP contribution is 2.38. The smallest absolute Gasteiger partial charge is 0.311 e. The summed E-state index contributed by atoms with van der Waals surface area (Å²) in [5.41, 5.74) is 0.179. The number of carboxylic acids is 1. The summed E-state index contributed by atoms with van der Waals surface area (Å²) in [6.45, 7) is 0. The van der Waals surface area contributed by atoms with E-state index in [-0.39, 0.29) is 5.56 Å². The zero-order valence-electron chi connectivity index (χ0n) is 11.0. The van der Waals surface area contributed by atoms with Gasteiger partial charge < -0.3 is 5.11 Å². The summed E-state index contributed by atoms with van der Waals surface area (Å²) in [7, 11) is 0. The van der Waals surface area contributed by atoms with E-state index in [2.05, 4.69) is 15.9 Å². The van der Waals surface area contributed by atoms with E-state index in [4.69, 9.17) is 0 Å². The van der Waals surface area contributed by atoms with Crippen LogP contribution in [-0.2, 0) is 10.7 Å². The van der Waals surface area contributed by atoms with Gasteiger partial charge in [-0.25, -0.2) is 8.78 Å². The summed E-state index contributed by atoms with van der Waals surface area (Å²) < 4.78 is 29.2. The van der Waals surface area contributed by atoms with E-state index in [1.807, 2.05) is 0 Å². The third kappa shape index (κ3) is 3.88. The monoisotopic (exact) mass is 354 g/mol. The van der Waals surface area contributed by atoms with E-state index in [9.17, 15) is 18.7 Å². The number of alkyl halides is 2. The number of hydrogen-bond donors (Lipinski definition) is 1. The quantitative estimate of drug-likeness (QED) is 0.837. The van der Waals surface area contributed by atoms with Gasteiger partial charge in [0.25, 0.3) is 5.92 Å². The minimum absolute atomic E-state index is 0.175. The zero-order chi connectivity index (χ0) is 15.5. The van der Waals surface area contributed by atoms with Crippen LogP contribution in [0.1, 0.15) is 23.5 Å². The van der Waals surface area contributed by atoms with Gasteiger partial charge in [-0.05, 0) is 17.7 Å². The Hall–Kier alpha value is -1.75. The Morgan fingerprint density at radius 1 is 1.14 bits per heavy atom. The second-order valence-corrected chi connectivity index (χ2v) is 5.64. The SMILES string of the molecule is O=C(O)C(CC(F)(F)c1ccccc1)c1cccc(Br)c1. The van der Waals surface area contributed by atoms with Crippen LogP contribution in [-0.4, -0.2) is 11.1 Å². The van der Waals surface area contributed by atoms with Gasteiger partial charge in [0.1, 0.15) is 0 Å². The van der Waals surface area contributed by atoms with Gasteiger partial charge in [0.05, 0.1) is 5.92 Å². The molecule has 0 aliphatic heterocycles. The van der Waals surface area contributed by atoms with Crippen molar-refractivity contribution in [3.63, 3.8) is 0 Å². The van der Waals surface area contributed by atoms with Gasteiger partial charge >= 0.3 is 5.97 Å². The first-order valence-electron chi connectivity index (χ1n) is 6.32. The van der Waals surface area contributed by atoms with E-state index in [0.717, 1.165) is 0 Å². The van der Waals surface area contributed by atoms with Crippen molar-refractivity contribution in [3.05, 3.63) is 70.2 Å². The summed E-state index contributed by atoms with van der Waals surface area (Å²) in [5, 5.41) is 9.28. The van der Waals surface area contributed by atoms with Crippen molar-refractivity contribution < 1.29 is 18.7 Å². The normalized spacial score (nSPS) is 12.9. The molecule has 0 amide bonds. The van der Waals surface area contributed by atoms with Gasteiger partial charge in [-0.1, -0.05) is 58.4 Å². The average molecular weight is 355 g/mol. The predicted molar refractivity (Wildman–Crippen MR) is 79.5 cm³/mol. The molecule has 2 aromatic carbocycles. The largest absolute Gasteiger partial charge is 0.481 e. The summed E-state index contributed by atoms with van der Waals surface area (Å²) in [6.07, 6.45) is -0.775. The number of carbonyl (C=O) groups is 1. The maximum atomic E-state index is 14.3. The molecule has 0 heterocycles. The maximum absolute atomic E-state index is 14.3. The van der Waals surface area contributed by atoms with Gasteiger partial charge in [0.15, 0.2) is 0 Å². The van der Waals surface area contributed by atoms with Crippen molar-refractivity contribution in [1.29, 1.82) is 0 Å². The van der Waals surface area contributed by atoms with Crippen LogP contribution in [0.5, 0.6) is 0 Å². The first kappa shape index (κ1) is 15.6. The van der Waals surface area contributed by atoms with Crippen LogP contribution in [0, 0.1) is 0 Å². The van der Waals surface area contributed by atoms with Crippen LogP contribution in [0.15, 0.2) is 59.1 Å². The van der Waals surface area contributed by atoms with E-state index in [1.54, 1.807) is 30.3 Å². The van der Waals surface area contributed by atoms with Crippen molar-refractivity contribution >= 4 is 21.9 Å². The summed E-state index contributed by atoms with van der Waals surface area (Å²) in [6, 6.07) is 13.7. The average Bonchev–Trinajstić information content (AvgIpc) is 2.45. The summed E-state index contributed by atoms with van der Waals surface area (Å²) in [5.74, 6) is -5.73. The Bertz CT molecular complexity index is 629. The standard InChI is InChI=1S/C16H13BrF2O2/c17-13-8-4-5-11(9-13)14(15(20)21)10-16(18,19)12-6-2-1-3-7-12/h1-9,14H,10H2,(H,20,21). The van der Waals surface area contributed by atoms with Crippen molar-refractivity contribution in [1.82, 2.24) is 0 Å². The lowest BCUT2D eigenvalue weighted by Gasteiger charge is -2.21. The molecule has 0 fully saturated rings. The molecular formula is C16H13BrF2O2. The fourth-order valence-corrected chi connectivity index (χ4v) is 2.54. The molecule has 0 bridgehead atoms. The third-order valence-electron chi connectivity index (χ3n) is 3.21. The molecule has 2 nitrogen and oxygen atoms in total. The Kier molecular flexibility index (Phi) is 4.73. The lowest BCUT2D eigenvalue weighted by atomic mass is 9.90. The van der Waals surface area contributed by atoms with Crippen LogP contribution in [0.4, 0.5) is 8.78 Å². The predicted octanol–water partition coefficient (Wildman–Crippen LogP) is 4.80. The van der Waals surface area contributed by atoms with Crippen LogP contribution in [0.3, 0.4) is 0 Å². The molecule has 110 valence electrons. The van der Waals surface area contributed by atoms with Gasteiger partial charge in [0.2, 0.25) is 0 Å². The minimum Gasteiger partial charge on any atom is -0.481 e. The first-order chi connectivity index (χ1) is 9.90. The molecule has 0 spiro atoms. The van der Waals surface area contributed by atoms with Gasteiger partial charge in [-0.2, -0.15) is 0 Å². The number of benzene rings is 2. The fourth-order valence-electron chi connectivity index (χ4n) is 2.13. The molecule has 1 unspecified atom stereocenters. The molecule has 2 rings (SSSR count). The highest BCUT2D eigenvalue weighted by Gasteiger charge is 2.38. The lowest BCUT2D eigenvalue weighted by Crippen LogP contribution is -2.22. The fraction of sp³-hybridized carbons (Fsp3) is 0.188. The minimum atomic E-state index is -3.20. The van der Waals surface area contributed by atoms with E-state index in [1.165, 1.54) is 24.3 Å². The number of halogens is 3. The molecule has 0 radical (unpaired) electrons. The zero-order valence-corrected chi connectivity index (χ0v) is 12.6. The molecule has 0 saturated carbocycles. The molecule has 2 aromatic rings. The van der Waals surface area contributed by atoms with Gasteiger partial charge in [0, 0.05) is 16.5 Å². The van der Waals surface area contributed by atoms with Gasteiger partial charge in [-0.15, -0.1) is 0 Å². The Morgan fingerprint density at radius 2 is 1.81 bits per heavy atom. The Morgan fingerprint density at radius 3 is 2.38 bits per heavy atom. The van der Waals surface area contributed by atoms with E-state index < -0.39 is 24.2 Å². The third-order valence-corrected chi connectivity index (χ3v) is 3.70. The van der Waals surface area contributed by atoms with E-state index >= 15 is 0 Å². The number of hydrogen-bond acceptors (Lipinski definition) is 1. The molecule has 1 atom stereocenters. The molecule has 1 N–H and O–H groups in total. The highest BCUT2D eigenvalue weighted by molar-refractivity contribution is 9.10. The highest BCUT2D eigenvalue weighted by atomic mass is 79.9.